The van der Waals surface area contributed by atoms with Crippen molar-refractivity contribution in [2.24, 2.45) is 0 Å². The van der Waals surface area contributed by atoms with Gasteiger partial charge in [-0.3, -0.25) is 4.57 Å². The summed E-state index contributed by atoms with van der Waals surface area (Å²) < 4.78 is 20.0. The molecule has 3 nitrogen and oxygen atoms in total. The van der Waals surface area contributed by atoms with E-state index in [9.17, 15) is 4.57 Å². The van der Waals surface area contributed by atoms with E-state index in [-0.39, 0.29) is 0 Å². The summed E-state index contributed by atoms with van der Waals surface area (Å²) in [4.78, 5) is 0. The van der Waals surface area contributed by atoms with E-state index in [1.807, 2.05) is 0 Å². The molecule has 13 heavy (non-hydrogen) atoms. The van der Waals surface area contributed by atoms with Gasteiger partial charge in [0.2, 0.25) is 0 Å². The van der Waals surface area contributed by atoms with Crippen molar-refractivity contribution >= 4 is 20.3 Å². The highest BCUT2D eigenvalue weighted by Gasteiger charge is 1.96. The molecule has 0 aromatic rings. The Hall–Kier alpha value is 0.500. The van der Waals surface area contributed by atoms with Gasteiger partial charge in [-0.25, -0.2) is 3.97 Å². The third kappa shape index (κ3) is 10.4. The summed E-state index contributed by atoms with van der Waals surface area (Å²) in [5.74, 6) is 0.906. The topological polar surface area (TPSA) is 35.5 Å². The normalized spacial score (nSPS) is 13.1. The van der Waals surface area contributed by atoms with Gasteiger partial charge in [0.25, 0.3) is 0 Å². The Labute approximate surface area is 85.7 Å². The molecule has 0 aliphatic rings. The van der Waals surface area contributed by atoms with E-state index in [1.165, 1.54) is 44.8 Å². The van der Waals surface area contributed by atoms with Crippen molar-refractivity contribution in [2.45, 2.75) is 39.0 Å². The van der Waals surface area contributed by atoms with E-state index in [2.05, 4.69) is 11.4 Å². The number of rotatable bonds is 9. The summed E-state index contributed by atoms with van der Waals surface area (Å²) in [7, 11) is -0.821. The van der Waals surface area contributed by atoms with E-state index in [4.69, 9.17) is 3.97 Å². The zero-order chi connectivity index (χ0) is 9.94. The van der Waals surface area contributed by atoms with Crippen LogP contribution in [0.5, 0.6) is 0 Å². The van der Waals surface area contributed by atoms with Crippen LogP contribution in [-0.4, -0.2) is 12.9 Å². The first-order valence-electron chi connectivity index (χ1n) is 4.68. The average Bonchev–Trinajstić information content (AvgIpc) is 2.16. The fraction of sp³-hybridized carbons (Fsp3) is 1.00. The molecule has 80 valence electrons. The van der Waals surface area contributed by atoms with Crippen molar-refractivity contribution in [3.63, 3.8) is 0 Å². The summed E-state index contributed by atoms with van der Waals surface area (Å²) in [6, 6.07) is 0. The second-order valence-corrected chi connectivity index (χ2v) is 4.99. The van der Waals surface area contributed by atoms with E-state index in [0.717, 1.165) is 12.2 Å². The predicted octanol–water partition coefficient (Wildman–Crippen LogP) is 3.66. The fourth-order valence-corrected chi connectivity index (χ4v) is 2.20. The van der Waals surface area contributed by atoms with Gasteiger partial charge in [0.15, 0.2) is 0 Å². The van der Waals surface area contributed by atoms with Crippen molar-refractivity contribution in [2.75, 3.05) is 12.9 Å². The number of hydrogen-bond donors (Lipinski definition) is 0. The molecule has 0 aliphatic heterocycles. The fourth-order valence-electron chi connectivity index (χ4n) is 0.888. The molecule has 5 heteroatoms. The molecule has 0 aromatic heterocycles. The first kappa shape index (κ1) is 13.5. The maximum atomic E-state index is 10.7. The van der Waals surface area contributed by atoms with E-state index >= 15 is 0 Å². The minimum Gasteiger partial charge on any atom is -0.313 e. The third-order valence-electron chi connectivity index (χ3n) is 1.62. The van der Waals surface area contributed by atoms with Crippen LogP contribution in [0.1, 0.15) is 39.0 Å². The Morgan fingerprint density at radius 3 is 2.54 bits per heavy atom. The lowest BCUT2D eigenvalue weighted by atomic mass is 10.2. The Kier molecular flexibility index (Phi) is 11.0. The van der Waals surface area contributed by atoms with E-state index in [0.29, 0.717) is 0 Å². The monoisotopic (exact) mass is 226 g/mol. The maximum Gasteiger partial charge on any atom is 0.329 e. The van der Waals surface area contributed by atoms with Gasteiger partial charge in [-0.05, 0) is 6.42 Å². The molecule has 0 N–H and O–H groups in total. The molecule has 0 saturated carbocycles. The van der Waals surface area contributed by atoms with Gasteiger partial charge in [-0.15, -0.1) is 0 Å². The lowest BCUT2D eigenvalue weighted by Crippen LogP contribution is -1.81. The van der Waals surface area contributed by atoms with Crippen LogP contribution < -0.4 is 0 Å². The van der Waals surface area contributed by atoms with Gasteiger partial charge in [0.1, 0.15) is 0 Å². The molecule has 0 radical (unpaired) electrons. The highest BCUT2D eigenvalue weighted by atomic mass is 32.2. The molecule has 1 atom stereocenters. The Morgan fingerprint density at radius 1 is 1.23 bits per heavy atom. The molecule has 1 unspecified atom stereocenters. The van der Waals surface area contributed by atoms with Crippen LogP contribution in [0.4, 0.5) is 0 Å². The van der Waals surface area contributed by atoms with Crippen LogP contribution in [0.2, 0.25) is 0 Å². The minimum absolute atomic E-state index is 0.906. The second-order valence-electron chi connectivity index (χ2n) is 2.77. The lowest BCUT2D eigenvalue weighted by Gasteiger charge is -2.00. The van der Waals surface area contributed by atoms with Gasteiger partial charge < -0.3 is 4.52 Å². The van der Waals surface area contributed by atoms with Crippen LogP contribution in [0.3, 0.4) is 0 Å². The van der Waals surface area contributed by atoms with E-state index in [1.54, 1.807) is 0 Å². The van der Waals surface area contributed by atoms with Crippen LogP contribution in [-0.2, 0) is 13.1 Å². The van der Waals surface area contributed by atoms with Crippen molar-refractivity contribution in [3.05, 3.63) is 0 Å². The standard InChI is InChI=1S/C8H19O3PS/c1-3-4-5-6-7-8-13-11-12(9)10-2/h12H,3-8H2,1-2H3. The summed E-state index contributed by atoms with van der Waals surface area (Å²) >= 11 is 1.25. The zero-order valence-electron chi connectivity index (χ0n) is 8.38. The molecule has 0 aliphatic carbocycles. The van der Waals surface area contributed by atoms with Crippen LogP contribution in [0.15, 0.2) is 0 Å². The number of unbranched alkanes of at least 4 members (excludes halogenated alkanes) is 4. The second kappa shape index (κ2) is 10.6. The zero-order valence-corrected chi connectivity index (χ0v) is 10.2. The van der Waals surface area contributed by atoms with Crippen molar-refractivity contribution in [1.29, 1.82) is 0 Å². The van der Waals surface area contributed by atoms with Crippen LogP contribution >= 0.6 is 20.3 Å². The summed E-state index contributed by atoms with van der Waals surface area (Å²) in [5.41, 5.74) is 0. The Morgan fingerprint density at radius 2 is 1.92 bits per heavy atom. The molecule has 0 bridgehead atoms. The SMILES string of the molecule is CCCCCCCSO[PH](=O)OC. The van der Waals surface area contributed by atoms with Gasteiger partial charge >= 0.3 is 8.25 Å². The summed E-state index contributed by atoms with van der Waals surface area (Å²) in [5, 5.41) is 0. The molecular weight excluding hydrogens is 207 g/mol. The van der Waals surface area contributed by atoms with Gasteiger partial charge in [-0.2, -0.15) is 0 Å². The Balaban J connectivity index is 2.95. The lowest BCUT2D eigenvalue weighted by molar-refractivity contribution is 0.363. The maximum absolute atomic E-state index is 10.7. The van der Waals surface area contributed by atoms with Gasteiger partial charge in [0, 0.05) is 24.9 Å². The summed E-state index contributed by atoms with van der Waals surface area (Å²) in [6.07, 6.45) is 6.22. The molecule has 0 heterocycles. The molecular formula is C8H19O3PS. The van der Waals surface area contributed by atoms with Crippen molar-refractivity contribution in [3.8, 4) is 0 Å². The van der Waals surface area contributed by atoms with Gasteiger partial charge in [0.05, 0.1) is 0 Å². The molecule has 0 fully saturated rings. The Bertz CT molecular complexity index is 133. The average molecular weight is 226 g/mol. The molecule has 0 spiro atoms. The van der Waals surface area contributed by atoms with Crippen LogP contribution in [0.25, 0.3) is 0 Å². The minimum atomic E-state index is -2.21. The van der Waals surface area contributed by atoms with E-state index < -0.39 is 8.25 Å². The van der Waals surface area contributed by atoms with Crippen molar-refractivity contribution < 1.29 is 13.1 Å². The highest BCUT2D eigenvalue weighted by Crippen LogP contribution is 2.29. The quantitative estimate of drug-likeness (QED) is 0.341. The predicted molar refractivity (Wildman–Crippen MR) is 58.3 cm³/mol. The largest absolute Gasteiger partial charge is 0.329 e. The third-order valence-corrected chi connectivity index (χ3v) is 3.43. The number of hydrogen-bond acceptors (Lipinski definition) is 4. The van der Waals surface area contributed by atoms with Gasteiger partial charge in [-0.1, -0.05) is 32.6 Å². The smallest absolute Gasteiger partial charge is 0.313 e. The van der Waals surface area contributed by atoms with Crippen LogP contribution in [0, 0.1) is 0 Å². The van der Waals surface area contributed by atoms with Crippen molar-refractivity contribution in [1.82, 2.24) is 0 Å². The molecule has 0 rings (SSSR count). The summed E-state index contributed by atoms with van der Waals surface area (Å²) in [6.45, 7) is 2.20. The highest BCUT2D eigenvalue weighted by molar-refractivity contribution is 7.97. The first-order chi connectivity index (χ1) is 6.31. The molecule has 0 aromatic carbocycles. The molecule has 0 amide bonds. The first-order valence-corrected chi connectivity index (χ1v) is 6.82. The molecule has 0 saturated heterocycles.